The Labute approximate surface area is 99.9 Å². The van der Waals surface area contributed by atoms with Crippen LogP contribution < -0.4 is 9.64 Å². The molecule has 0 fully saturated rings. The largest absolute Gasteiger partial charge is 0.495 e. The summed E-state index contributed by atoms with van der Waals surface area (Å²) in [6.45, 7) is 2.11. The maximum absolute atomic E-state index is 13.1. The van der Waals surface area contributed by atoms with E-state index in [0.29, 0.717) is 18.0 Å². The lowest BCUT2D eigenvalue weighted by molar-refractivity contribution is -0.141. The molecule has 0 saturated heterocycles. The fourth-order valence-corrected chi connectivity index (χ4v) is 1.45. The summed E-state index contributed by atoms with van der Waals surface area (Å²) in [6.07, 6.45) is 0. The molecule has 94 valence electrons. The first-order chi connectivity index (χ1) is 8.08. The molecule has 0 aromatic heterocycles. The summed E-state index contributed by atoms with van der Waals surface area (Å²) in [5, 5.41) is 0. The third kappa shape index (κ3) is 3.62. The van der Waals surface area contributed by atoms with Gasteiger partial charge in [0.25, 0.3) is 0 Å². The molecule has 4 nitrogen and oxygen atoms in total. The van der Waals surface area contributed by atoms with Gasteiger partial charge in [-0.1, -0.05) is 0 Å². The number of esters is 1. The van der Waals surface area contributed by atoms with Crippen LogP contribution in [0, 0.1) is 5.82 Å². The zero-order valence-corrected chi connectivity index (χ0v) is 10.2. The minimum absolute atomic E-state index is 0.0493. The van der Waals surface area contributed by atoms with Crippen LogP contribution in [-0.2, 0) is 9.53 Å². The molecule has 0 aliphatic carbocycles. The number of benzene rings is 1. The minimum Gasteiger partial charge on any atom is -0.495 e. The number of anilines is 1. The topological polar surface area (TPSA) is 38.8 Å². The van der Waals surface area contributed by atoms with Crippen molar-refractivity contribution in [1.82, 2.24) is 0 Å². The van der Waals surface area contributed by atoms with Crippen molar-refractivity contribution in [3.63, 3.8) is 0 Å². The van der Waals surface area contributed by atoms with Crippen molar-refractivity contribution in [3.05, 3.63) is 24.0 Å². The molecule has 0 aliphatic rings. The lowest BCUT2D eigenvalue weighted by Crippen LogP contribution is -2.27. The SMILES string of the molecule is CCOC(=O)CN(C)c1cc(F)ccc1OC. The highest BCUT2D eigenvalue weighted by Gasteiger charge is 2.13. The van der Waals surface area contributed by atoms with Gasteiger partial charge in [-0.05, 0) is 19.1 Å². The van der Waals surface area contributed by atoms with E-state index < -0.39 is 0 Å². The number of hydrogen-bond donors (Lipinski definition) is 0. The van der Waals surface area contributed by atoms with Crippen molar-refractivity contribution in [2.24, 2.45) is 0 Å². The number of hydrogen-bond acceptors (Lipinski definition) is 4. The molecular weight excluding hydrogens is 225 g/mol. The Hall–Kier alpha value is -1.78. The number of carbonyl (C=O) groups excluding carboxylic acids is 1. The Morgan fingerprint density at radius 1 is 1.47 bits per heavy atom. The maximum Gasteiger partial charge on any atom is 0.325 e. The van der Waals surface area contributed by atoms with Crippen LogP contribution >= 0.6 is 0 Å². The van der Waals surface area contributed by atoms with Gasteiger partial charge in [-0.25, -0.2) is 4.39 Å². The van der Waals surface area contributed by atoms with Crippen molar-refractivity contribution in [2.75, 3.05) is 32.2 Å². The lowest BCUT2D eigenvalue weighted by atomic mass is 10.2. The van der Waals surface area contributed by atoms with Crippen LogP contribution in [0.15, 0.2) is 18.2 Å². The van der Waals surface area contributed by atoms with Crippen molar-refractivity contribution in [2.45, 2.75) is 6.92 Å². The van der Waals surface area contributed by atoms with Crippen molar-refractivity contribution >= 4 is 11.7 Å². The first-order valence-corrected chi connectivity index (χ1v) is 5.28. The number of halogens is 1. The van der Waals surface area contributed by atoms with E-state index in [2.05, 4.69) is 0 Å². The van der Waals surface area contributed by atoms with Crippen LogP contribution in [-0.4, -0.2) is 33.3 Å². The van der Waals surface area contributed by atoms with Crippen LogP contribution in [0.5, 0.6) is 5.75 Å². The quantitative estimate of drug-likeness (QED) is 0.737. The molecule has 0 N–H and O–H groups in total. The summed E-state index contributed by atoms with van der Waals surface area (Å²) in [6, 6.07) is 4.14. The van der Waals surface area contributed by atoms with Crippen molar-refractivity contribution < 1.29 is 18.7 Å². The molecule has 1 aromatic carbocycles. The molecule has 17 heavy (non-hydrogen) atoms. The van der Waals surface area contributed by atoms with Gasteiger partial charge in [-0.3, -0.25) is 4.79 Å². The molecular formula is C12H16FNO3. The van der Waals surface area contributed by atoms with E-state index in [0.717, 1.165) is 0 Å². The molecule has 0 saturated carbocycles. The van der Waals surface area contributed by atoms with Gasteiger partial charge in [0, 0.05) is 13.1 Å². The number of carbonyl (C=O) groups is 1. The molecule has 0 radical (unpaired) electrons. The molecule has 0 spiro atoms. The summed E-state index contributed by atoms with van der Waals surface area (Å²) in [4.78, 5) is 12.9. The predicted molar refractivity (Wildman–Crippen MR) is 62.9 cm³/mol. The number of likely N-dealkylation sites (N-methyl/N-ethyl adjacent to an activating group) is 1. The van der Waals surface area contributed by atoms with E-state index >= 15 is 0 Å². The Kier molecular flexibility index (Phi) is 4.75. The van der Waals surface area contributed by atoms with E-state index in [9.17, 15) is 9.18 Å². The summed E-state index contributed by atoms with van der Waals surface area (Å²) >= 11 is 0. The van der Waals surface area contributed by atoms with E-state index in [4.69, 9.17) is 9.47 Å². The third-order valence-corrected chi connectivity index (χ3v) is 2.22. The van der Waals surface area contributed by atoms with Crippen LogP contribution in [0.3, 0.4) is 0 Å². The number of methoxy groups -OCH3 is 1. The Balaban J connectivity index is 2.83. The van der Waals surface area contributed by atoms with Gasteiger partial charge in [0.2, 0.25) is 0 Å². The van der Waals surface area contributed by atoms with Crippen molar-refractivity contribution in [3.8, 4) is 5.75 Å². The summed E-state index contributed by atoms with van der Waals surface area (Å²) < 4.78 is 23.1. The van der Waals surface area contributed by atoms with Crippen LogP contribution in [0.25, 0.3) is 0 Å². The number of nitrogens with zero attached hydrogens (tertiary/aromatic N) is 1. The average Bonchev–Trinajstić information content (AvgIpc) is 2.29. The van der Waals surface area contributed by atoms with Gasteiger partial charge in [0.1, 0.15) is 18.1 Å². The van der Waals surface area contributed by atoms with Gasteiger partial charge in [-0.15, -0.1) is 0 Å². The first-order valence-electron chi connectivity index (χ1n) is 5.28. The van der Waals surface area contributed by atoms with Gasteiger partial charge < -0.3 is 14.4 Å². The molecule has 0 unspecified atom stereocenters. The van der Waals surface area contributed by atoms with Gasteiger partial charge in [0.05, 0.1) is 19.4 Å². The lowest BCUT2D eigenvalue weighted by Gasteiger charge is -2.20. The Morgan fingerprint density at radius 2 is 2.18 bits per heavy atom. The van der Waals surface area contributed by atoms with Crippen molar-refractivity contribution in [1.29, 1.82) is 0 Å². The third-order valence-electron chi connectivity index (χ3n) is 2.22. The van der Waals surface area contributed by atoms with Gasteiger partial charge in [-0.2, -0.15) is 0 Å². The summed E-state index contributed by atoms with van der Waals surface area (Å²) in [7, 11) is 3.17. The average molecular weight is 241 g/mol. The fourth-order valence-electron chi connectivity index (χ4n) is 1.45. The minimum atomic E-state index is -0.378. The molecule has 0 heterocycles. The van der Waals surface area contributed by atoms with Crippen LogP contribution in [0.1, 0.15) is 6.92 Å². The molecule has 1 aromatic rings. The highest BCUT2D eigenvalue weighted by molar-refractivity contribution is 5.76. The standard InChI is InChI=1S/C12H16FNO3/c1-4-17-12(15)8-14(2)10-7-9(13)5-6-11(10)16-3/h5-7H,4,8H2,1-3H3. The van der Waals surface area contributed by atoms with Gasteiger partial charge in [0.15, 0.2) is 0 Å². The summed E-state index contributed by atoms with van der Waals surface area (Å²) in [5.74, 6) is -0.226. The van der Waals surface area contributed by atoms with E-state index in [-0.39, 0.29) is 18.3 Å². The van der Waals surface area contributed by atoms with Gasteiger partial charge >= 0.3 is 5.97 Å². The second kappa shape index (κ2) is 6.08. The highest BCUT2D eigenvalue weighted by Crippen LogP contribution is 2.27. The maximum atomic E-state index is 13.1. The molecule has 0 amide bonds. The number of ether oxygens (including phenoxy) is 2. The number of rotatable bonds is 5. The monoisotopic (exact) mass is 241 g/mol. The van der Waals surface area contributed by atoms with E-state index in [1.807, 2.05) is 0 Å². The highest BCUT2D eigenvalue weighted by atomic mass is 19.1. The Bertz CT molecular complexity index is 395. The predicted octanol–water partition coefficient (Wildman–Crippen LogP) is 1.83. The first kappa shape index (κ1) is 13.3. The second-order valence-corrected chi connectivity index (χ2v) is 3.48. The van der Waals surface area contributed by atoms with E-state index in [1.54, 1.807) is 18.9 Å². The molecule has 0 bridgehead atoms. The van der Waals surface area contributed by atoms with Crippen LogP contribution in [0.2, 0.25) is 0 Å². The molecule has 1 rings (SSSR count). The smallest absolute Gasteiger partial charge is 0.325 e. The normalized spacial score (nSPS) is 9.88. The van der Waals surface area contributed by atoms with E-state index in [1.165, 1.54) is 25.3 Å². The molecule has 0 atom stereocenters. The van der Waals surface area contributed by atoms with Crippen LogP contribution in [0.4, 0.5) is 10.1 Å². The summed E-state index contributed by atoms with van der Waals surface area (Å²) in [5.41, 5.74) is 0.514. The second-order valence-electron chi connectivity index (χ2n) is 3.48. The Morgan fingerprint density at radius 3 is 2.76 bits per heavy atom. The zero-order chi connectivity index (χ0) is 12.8. The fraction of sp³-hybridized carbons (Fsp3) is 0.417. The molecule has 0 aliphatic heterocycles. The zero-order valence-electron chi connectivity index (χ0n) is 10.2. The molecule has 5 heteroatoms.